The Kier molecular flexibility index (Phi) is 4.44. The lowest BCUT2D eigenvalue weighted by molar-refractivity contribution is 0.0945. The van der Waals surface area contributed by atoms with Gasteiger partial charge in [-0.3, -0.25) is 9.69 Å². The van der Waals surface area contributed by atoms with Crippen LogP contribution in [0.25, 0.3) is 21.1 Å². The van der Waals surface area contributed by atoms with Crippen LogP contribution < -0.4 is 5.32 Å². The number of likely N-dealkylation sites (N-methyl/N-ethyl adjacent to an activating group) is 1. The van der Waals surface area contributed by atoms with Crippen LogP contribution >= 0.6 is 11.3 Å². The largest absolute Gasteiger partial charge is 0.350 e. The zero-order chi connectivity index (χ0) is 17.4. The van der Waals surface area contributed by atoms with Gasteiger partial charge in [0.1, 0.15) is 4.83 Å². The second kappa shape index (κ2) is 6.73. The highest BCUT2D eigenvalue weighted by Crippen LogP contribution is 2.28. The van der Waals surface area contributed by atoms with Gasteiger partial charge >= 0.3 is 0 Å². The molecule has 0 radical (unpaired) electrons. The Morgan fingerprint density at radius 1 is 1.32 bits per heavy atom. The fraction of sp³-hybridized carbons (Fsp3) is 0.400. The Balaban J connectivity index is 1.54. The lowest BCUT2D eigenvalue weighted by atomic mass is 10.1. The first-order valence-electron chi connectivity index (χ1n) is 8.97. The third kappa shape index (κ3) is 3.26. The van der Waals surface area contributed by atoms with Crippen LogP contribution in [0, 0.1) is 6.92 Å². The molecule has 4 rings (SSSR count). The molecule has 1 amide bonds. The summed E-state index contributed by atoms with van der Waals surface area (Å²) in [6, 6.07) is 10.8. The van der Waals surface area contributed by atoms with Crippen molar-refractivity contribution in [2.24, 2.45) is 0 Å². The molecule has 1 aromatic carbocycles. The highest BCUT2D eigenvalue weighted by atomic mass is 32.1. The van der Waals surface area contributed by atoms with Gasteiger partial charge in [0.05, 0.1) is 10.4 Å². The Morgan fingerprint density at radius 3 is 3.04 bits per heavy atom. The van der Waals surface area contributed by atoms with Gasteiger partial charge in [-0.15, -0.1) is 11.3 Å². The van der Waals surface area contributed by atoms with Crippen molar-refractivity contribution < 1.29 is 4.79 Å². The summed E-state index contributed by atoms with van der Waals surface area (Å²) in [6.45, 7) is 7.20. The molecule has 1 N–H and O–H groups in total. The van der Waals surface area contributed by atoms with Crippen molar-refractivity contribution in [1.29, 1.82) is 0 Å². The topological polar surface area (TPSA) is 45.2 Å². The number of fused-ring (bicyclic) bond motifs is 2. The lowest BCUT2D eigenvalue weighted by Crippen LogP contribution is -2.39. The van der Waals surface area contributed by atoms with Crippen molar-refractivity contribution in [1.82, 2.24) is 15.2 Å². The standard InChI is InChI=1S/C20H23N3OS/c1-3-23-8-4-5-16(23)12-21-19(24)18-11-15-10-14-9-13(2)6-7-17(14)22-20(15)25-18/h6-7,9-11,16H,3-5,8,12H2,1-2H3,(H,21,24). The number of likely N-dealkylation sites (tertiary alicyclic amines) is 1. The van der Waals surface area contributed by atoms with E-state index in [-0.39, 0.29) is 5.91 Å². The number of carbonyl (C=O) groups excluding carboxylic acids is 1. The van der Waals surface area contributed by atoms with Crippen LogP contribution in [0.15, 0.2) is 30.3 Å². The van der Waals surface area contributed by atoms with Gasteiger partial charge in [-0.05, 0) is 57.1 Å². The van der Waals surface area contributed by atoms with E-state index in [4.69, 9.17) is 4.98 Å². The van der Waals surface area contributed by atoms with Crippen molar-refractivity contribution in [2.75, 3.05) is 19.6 Å². The van der Waals surface area contributed by atoms with E-state index in [0.717, 1.165) is 45.6 Å². The SMILES string of the molecule is CCN1CCCC1CNC(=O)c1cc2cc3cc(C)ccc3nc2s1. The average Bonchev–Trinajstić information content (AvgIpc) is 3.23. The first-order chi connectivity index (χ1) is 12.1. The third-order valence-corrected chi connectivity index (χ3v) is 6.13. The molecule has 1 aliphatic rings. The molecule has 130 valence electrons. The van der Waals surface area contributed by atoms with Gasteiger partial charge in [0.25, 0.3) is 5.91 Å². The number of amides is 1. The van der Waals surface area contributed by atoms with Gasteiger partial charge in [-0.1, -0.05) is 18.6 Å². The van der Waals surface area contributed by atoms with Crippen LogP contribution in [0.3, 0.4) is 0 Å². The normalized spacial score (nSPS) is 18.2. The molecule has 3 heterocycles. The number of rotatable bonds is 4. The minimum atomic E-state index is 0.0196. The summed E-state index contributed by atoms with van der Waals surface area (Å²) in [5, 5.41) is 5.29. The van der Waals surface area contributed by atoms with Crippen molar-refractivity contribution in [3.63, 3.8) is 0 Å². The molecule has 25 heavy (non-hydrogen) atoms. The van der Waals surface area contributed by atoms with Gasteiger partial charge in [-0.25, -0.2) is 4.98 Å². The fourth-order valence-electron chi connectivity index (χ4n) is 3.71. The summed E-state index contributed by atoms with van der Waals surface area (Å²) in [4.78, 5) is 21.4. The van der Waals surface area contributed by atoms with Crippen LogP contribution in [0.1, 0.15) is 35.0 Å². The Labute approximate surface area is 151 Å². The predicted molar refractivity (Wildman–Crippen MR) is 104 cm³/mol. The van der Waals surface area contributed by atoms with E-state index in [1.54, 1.807) is 0 Å². The zero-order valence-corrected chi connectivity index (χ0v) is 15.5. The number of benzene rings is 1. The summed E-state index contributed by atoms with van der Waals surface area (Å²) < 4.78 is 0. The van der Waals surface area contributed by atoms with E-state index in [0.29, 0.717) is 6.04 Å². The lowest BCUT2D eigenvalue weighted by Gasteiger charge is -2.22. The molecule has 0 spiro atoms. The Bertz CT molecular complexity index is 933. The molecular formula is C20H23N3OS. The molecule has 1 fully saturated rings. The second-order valence-electron chi connectivity index (χ2n) is 6.82. The number of hydrogen-bond donors (Lipinski definition) is 1. The van der Waals surface area contributed by atoms with Crippen LogP contribution in [-0.4, -0.2) is 41.5 Å². The fourth-order valence-corrected chi connectivity index (χ4v) is 4.65. The van der Waals surface area contributed by atoms with Crippen molar-refractivity contribution in [3.8, 4) is 0 Å². The van der Waals surface area contributed by atoms with Gasteiger partial charge in [-0.2, -0.15) is 0 Å². The first-order valence-corrected chi connectivity index (χ1v) is 9.79. The van der Waals surface area contributed by atoms with Crippen molar-refractivity contribution in [2.45, 2.75) is 32.7 Å². The predicted octanol–water partition coefficient (Wildman–Crippen LogP) is 3.97. The van der Waals surface area contributed by atoms with E-state index in [1.165, 1.54) is 29.7 Å². The minimum Gasteiger partial charge on any atom is -0.350 e. The summed E-state index contributed by atoms with van der Waals surface area (Å²) in [5.74, 6) is 0.0196. The second-order valence-corrected chi connectivity index (χ2v) is 7.85. The molecule has 4 nitrogen and oxygen atoms in total. The summed E-state index contributed by atoms with van der Waals surface area (Å²) in [5.41, 5.74) is 2.20. The van der Waals surface area contributed by atoms with Crippen LogP contribution in [0.4, 0.5) is 0 Å². The Hall–Kier alpha value is -1.98. The number of aromatic nitrogens is 1. The number of thiophene rings is 1. The molecule has 1 aliphatic heterocycles. The minimum absolute atomic E-state index is 0.0196. The number of carbonyl (C=O) groups is 1. The Morgan fingerprint density at radius 2 is 2.20 bits per heavy atom. The number of nitrogens with zero attached hydrogens (tertiary/aromatic N) is 2. The van der Waals surface area contributed by atoms with Crippen LogP contribution in [0.2, 0.25) is 0 Å². The number of aryl methyl sites for hydroxylation is 1. The van der Waals surface area contributed by atoms with Crippen molar-refractivity contribution >= 4 is 38.4 Å². The molecule has 0 saturated carbocycles. The zero-order valence-electron chi connectivity index (χ0n) is 14.7. The molecule has 3 aromatic rings. The van der Waals surface area contributed by atoms with E-state index >= 15 is 0 Å². The van der Waals surface area contributed by atoms with Crippen LogP contribution in [-0.2, 0) is 0 Å². The third-order valence-electron chi connectivity index (χ3n) is 5.08. The first kappa shape index (κ1) is 16.5. The monoisotopic (exact) mass is 353 g/mol. The number of hydrogen-bond acceptors (Lipinski definition) is 4. The molecule has 1 unspecified atom stereocenters. The van der Waals surface area contributed by atoms with E-state index in [9.17, 15) is 4.79 Å². The summed E-state index contributed by atoms with van der Waals surface area (Å²) in [7, 11) is 0. The molecule has 2 aromatic heterocycles. The van der Waals surface area contributed by atoms with Gasteiger partial charge in [0.2, 0.25) is 0 Å². The van der Waals surface area contributed by atoms with E-state index < -0.39 is 0 Å². The number of pyridine rings is 1. The van der Waals surface area contributed by atoms with Crippen LogP contribution in [0.5, 0.6) is 0 Å². The smallest absolute Gasteiger partial charge is 0.261 e. The maximum absolute atomic E-state index is 12.6. The molecule has 1 saturated heterocycles. The molecule has 5 heteroatoms. The van der Waals surface area contributed by atoms with E-state index in [2.05, 4.69) is 42.3 Å². The maximum atomic E-state index is 12.6. The quantitative estimate of drug-likeness (QED) is 0.772. The number of nitrogens with one attached hydrogen (secondary N) is 1. The van der Waals surface area contributed by atoms with E-state index in [1.807, 2.05) is 12.1 Å². The van der Waals surface area contributed by atoms with Gasteiger partial charge in [0.15, 0.2) is 0 Å². The molecule has 1 atom stereocenters. The van der Waals surface area contributed by atoms with Gasteiger partial charge in [0, 0.05) is 23.4 Å². The molecule has 0 bridgehead atoms. The maximum Gasteiger partial charge on any atom is 0.261 e. The van der Waals surface area contributed by atoms with Gasteiger partial charge < -0.3 is 5.32 Å². The highest BCUT2D eigenvalue weighted by Gasteiger charge is 2.23. The summed E-state index contributed by atoms with van der Waals surface area (Å²) >= 11 is 1.48. The molecular weight excluding hydrogens is 330 g/mol. The average molecular weight is 353 g/mol. The highest BCUT2D eigenvalue weighted by molar-refractivity contribution is 7.20. The molecule has 0 aliphatic carbocycles. The van der Waals surface area contributed by atoms with Crippen molar-refractivity contribution in [3.05, 3.63) is 40.8 Å². The summed E-state index contributed by atoms with van der Waals surface area (Å²) in [6.07, 6.45) is 2.40.